The molecule has 0 spiro atoms. The largest absolute Gasteiger partial charge is 0.508 e. The molecule has 0 unspecified atom stereocenters. The Balaban J connectivity index is 1.53. The number of hydrogen-bond acceptors (Lipinski definition) is 4. The van der Waals surface area contributed by atoms with Crippen LogP contribution in [0.1, 0.15) is 27.9 Å². The average Bonchev–Trinajstić information content (AvgIpc) is 2.72. The number of carbonyl (C=O) groups is 1. The first-order chi connectivity index (χ1) is 13.2. The van der Waals surface area contributed by atoms with E-state index in [1.807, 2.05) is 36.4 Å². The van der Waals surface area contributed by atoms with Gasteiger partial charge in [0.25, 0.3) is 0 Å². The Kier molecular flexibility index (Phi) is 6.47. The zero-order chi connectivity index (χ0) is 18.9. The van der Waals surface area contributed by atoms with Crippen molar-refractivity contribution in [2.75, 3.05) is 6.61 Å². The highest BCUT2D eigenvalue weighted by molar-refractivity contribution is 5.89. The van der Waals surface area contributed by atoms with Gasteiger partial charge in [0.15, 0.2) is 0 Å². The van der Waals surface area contributed by atoms with E-state index in [0.29, 0.717) is 31.6 Å². The van der Waals surface area contributed by atoms with E-state index in [-0.39, 0.29) is 11.7 Å². The van der Waals surface area contributed by atoms with Gasteiger partial charge in [-0.1, -0.05) is 48.5 Å². The third-order valence-electron chi connectivity index (χ3n) is 4.11. The summed E-state index contributed by atoms with van der Waals surface area (Å²) < 4.78 is 11.2. The lowest BCUT2D eigenvalue weighted by atomic mass is 10.1. The van der Waals surface area contributed by atoms with Crippen LogP contribution in [0.3, 0.4) is 0 Å². The molecule has 1 N–H and O–H groups in total. The van der Waals surface area contributed by atoms with Crippen LogP contribution < -0.4 is 4.74 Å². The van der Waals surface area contributed by atoms with E-state index >= 15 is 0 Å². The van der Waals surface area contributed by atoms with E-state index in [4.69, 9.17) is 9.47 Å². The Morgan fingerprint density at radius 2 is 1.59 bits per heavy atom. The monoisotopic (exact) mass is 362 g/mol. The SMILES string of the molecule is O=C(OCCCc1cc(O)ccc1OCc1ccccc1)c1ccccc1. The Morgan fingerprint density at radius 1 is 0.889 bits per heavy atom. The fourth-order valence-corrected chi connectivity index (χ4v) is 2.72. The molecule has 0 atom stereocenters. The predicted molar refractivity (Wildman–Crippen MR) is 104 cm³/mol. The second kappa shape index (κ2) is 9.43. The van der Waals surface area contributed by atoms with Gasteiger partial charge in [-0.3, -0.25) is 0 Å². The minimum absolute atomic E-state index is 0.193. The van der Waals surface area contributed by atoms with Gasteiger partial charge in [0, 0.05) is 0 Å². The van der Waals surface area contributed by atoms with Crippen LogP contribution in [0.4, 0.5) is 0 Å². The summed E-state index contributed by atoms with van der Waals surface area (Å²) in [7, 11) is 0. The van der Waals surface area contributed by atoms with Gasteiger partial charge in [0.2, 0.25) is 0 Å². The van der Waals surface area contributed by atoms with E-state index in [0.717, 1.165) is 16.9 Å². The summed E-state index contributed by atoms with van der Waals surface area (Å²) >= 11 is 0. The first kappa shape index (κ1) is 18.5. The number of benzene rings is 3. The fraction of sp³-hybridized carbons (Fsp3) is 0.174. The highest BCUT2D eigenvalue weighted by atomic mass is 16.5. The maximum Gasteiger partial charge on any atom is 0.338 e. The van der Waals surface area contributed by atoms with Crippen LogP contribution in [0, 0.1) is 0 Å². The standard InChI is InChI=1S/C23H22O4/c24-21-13-14-22(27-17-18-8-3-1-4-9-18)20(16-21)12-7-15-26-23(25)19-10-5-2-6-11-19/h1-6,8-11,13-14,16,24H,7,12,15,17H2. The number of esters is 1. The molecule has 0 aliphatic carbocycles. The van der Waals surface area contributed by atoms with Crippen LogP contribution in [0.5, 0.6) is 11.5 Å². The third kappa shape index (κ3) is 5.61. The Labute approximate surface area is 159 Å². The molecule has 0 bridgehead atoms. The second-order valence-electron chi connectivity index (χ2n) is 6.17. The maximum atomic E-state index is 11.9. The topological polar surface area (TPSA) is 55.8 Å². The summed E-state index contributed by atoms with van der Waals surface area (Å²) in [6.07, 6.45) is 1.28. The molecular weight excluding hydrogens is 340 g/mol. The molecule has 4 heteroatoms. The molecule has 0 fully saturated rings. The lowest BCUT2D eigenvalue weighted by Gasteiger charge is -2.12. The molecule has 27 heavy (non-hydrogen) atoms. The molecule has 0 radical (unpaired) electrons. The van der Waals surface area contributed by atoms with E-state index < -0.39 is 0 Å². The molecule has 3 rings (SSSR count). The van der Waals surface area contributed by atoms with Crippen LogP contribution in [0.25, 0.3) is 0 Å². The van der Waals surface area contributed by atoms with Crippen molar-refractivity contribution >= 4 is 5.97 Å². The Hall–Kier alpha value is -3.27. The van der Waals surface area contributed by atoms with Gasteiger partial charge >= 0.3 is 5.97 Å². The molecule has 0 aromatic heterocycles. The molecule has 0 aliphatic rings. The number of hydrogen-bond donors (Lipinski definition) is 1. The fourth-order valence-electron chi connectivity index (χ4n) is 2.72. The summed E-state index contributed by atoms with van der Waals surface area (Å²) in [5.41, 5.74) is 2.51. The molecule has 3 aromatic carbocycles. The average molecular weight is 362 g/mol. The minimum Gasteiger partial charge on any atom is -0.508 e. The highest BCUT2D eigenvalue weighted by Gasteiger charge is 2.08. The molecule has 3 aromatic rings. The number of ether oxygens (including phenoxy) is 2. The normalized spacial score (nSPS) is 10.4. The number of rotatable bonds is 8. The van der Waals surface area contributed by atoms with Crippen LogP contribution in [-0.2, 0) is 17.8 Å². The summed E-state index contributed by atoms with van der Waals surface area (Å²) in [4.78, 5) is 11.9. The molecule has 4 nitrogen and oxygen atoms in total. The van der Waals surface area contributed by atoms with Gasteiger partial charge in [0.05, 0.1) is 12.2 Å². The maximum absolute atomic E-state index is 11.9. The zero-order valence-electron chi connectivity index (χ0n) is 15.0. The lowest BCUT2D eigenvalue weighted by Crippen LogP contribution is -2.07. The van der Waals surface area contributed by atoms with Gasteiger partial charge in [-0.2, -0.15) is 0 Å². The summed E-state index contributed by atoms with van der Waals surface area (Å²) in [6.45, 7) is 0.767. The van der Waals surface area contributed by atoms with Crippen molar-refractivity contribution in [3.05, 3.63) is 95.6 Å². The van der Waals surface area contributed by atoms with Crippen LogP contribution in [0.2, 0.25) is 0 Å². The number of phenolic OH excluding ortho intramolecular Hbond substituents is 1. The molecule has 0 aliphatic heterocycles. The second-order valence-corrected chi connectivity index (χ2v) is 6.17. The van der Waals surface area contributed by atoms with E-state index in [9.17, 15) is 9.90 Å². The smallest absolute Gasteiger partial charge is 0.338 e. The highest BCUT2D eigenvalue weighted by Crippen LogP contribution is 2.25. The third-order valence-corrected chi connectivity index (χ3v) is 4.11. The molecule has 0 saturated carbocycles. The van der Waals surface area contributed by atoms with E-state index in [1.165, 1.54) is 0 Å². The summed E-state index contributed by atoms with van der Waals surface area (Å²) in [6, 6.07) is 23.9. The Morgan fingerprint density at radius 3 is 2.33 bits per heavy atom. The van der Waals surface area contributed by atoms with Crippen LogP contribution in [-0.4, -0.2) is 17.7 Å². The number of aryl methyl sites for hydroxylation is 1. The number of carbonyl (C=O) groups excluding carboxylic acids is 1. The molecule has 0 saturated heterocycles. The molecular formula is C23H22O4. The predicted octanol–water partition coefficient (Wildman–Crippen LogP) is 4.76. The number of aromatic hydroxyl groups is 1. The molecule has 0 heterocycles. The zero-order valence-corrected chi connectivity index (χ0v) is 15.0. The van der Waals surface area contributed by atoms with Gasteiger partial charge in [-0.25, -0.2) is 4.79 Å². The van der Waals surface area contributed by atoms with Gasteiger partial charge in [0.1, 0.15) is 18.1 Å². The molecule has 138 valence electrons. The summed E-state index contributed by atoms with van der Waals surface area (Å²) in [5, 5.41) is 9.78. The summed E-state index contributed by atoms with van der Waals surface area (Å²) in [5.74, 6) is 0.594. The van der Waals surface area contributed by atoms with Gasteiger partial charge < -0.3 is 14.6 Å². The van der Waals surface area contributed by atoms with Crippen LogP contribution >= 0.6 is 0 Å². The van der Waals surface area contributed by atoms with Gasteiger partial charge in [-0.05, 0) is 54.3 Å². The van der Waals surface area contributed by atoms with Crippen molar-refractivity contribution < 1.29 is 19.4 Å². The van der Waals surface area contributed by atoms with Crippen molar-refractivity contribution in [1.82, 2.24) is 0 Å². The lowest BCUT2D eigenvalue weighted by molar-refractivity contribution is 0.0500. The van der Waals surface area contributed by atoms with Crippen molar-refractivity contribution in [2.45, 2.75) is 19.4 Å². The Bertz CT molecular complexity index is 860. The van der Waals surface area contributed by atoms with E-state index in [2.05, 4.69) is 0 Å². The number of phenols is 1. The quantitative estimate of drug-likeness (QED) is 0.464. The first-order valence-corrected chi connectivity index (χ1v) is 8.93. The first-order valence-electron chi connectivity index (χ1n) is 8.93. The van der Waals surface area contributed by atoms with Crippen molar-refractivity contribution in [2.24, 2.45) is 0 Å². The van der Waals surface area contributed by atoms with Gasteiger partial charge in [-0.15, -0.1) is 0 Å². The van der Waals surface area contributed by atoms with E-state index in [1.54, 1.807) is 42.5 Å². The van der Waals surface area contributed by atoms with Crippen molar-refractivity contribution in [3.63, 3.8) is 0 Å². The minimum atomic E-state index is -0.327. The van der Waals surface area contributed by atoms with Crippen molar-refractivity contribution in [3.8, 4) is 11.5 Å². The van der Waals surface area contributed by atoms with Crippen molar-refractivity contribution in [1.29, 1.82) is 0 Å². The van der Waals surface area contributed by atoms with Crippen LogP contribution in [0.15, 0.2) is 78.9 Å². The molecule has 0 amide bonds.